The van der Waals surface area contributed by atoms with Gasteiger partial charge >= 0.3 is 12.1 Å². The number of aromatic nitrogens is 4. The van der Waals surface area contributed by atoms with Crippen molar-refractivity contribution in [3.63, 3.8) is 0 Å². The van der Waals surface area contributed by atoms with Crippen molar-refractivity contribution in [2.24, 2.45) is 0 Å². The zero-order chi connectivity index (χ0) is 21.4. The van der Waals surface area contributed by atoms with E-state index in [4.69, 9.17) is 9.47 Å². The van der Waals surface area contributed by atoms with Crippen LogP contribution in [0, 0.1) is 6.92 Å². The van der Waals surface area contributed by atoms with E-state index in [-0.39, 0.29) is 6.42 Å². The van der Waals surface area contributed by atoms with Crippen LogP contribution in [0.15, 0.2) is 24.3 Å². The fraction of sp³-hybridized carbons (Fsp3) is 0.400. The Morgan fingerprint density at radius 2 is 1.69 bits per heavy atom. The number of esters is 1. The number of methoxy groups -OCH3 is 1. The van der Waals surface area contributed by atoms with Crippen molar-refractivity contribution in [1.82, 2.24) is 25.7 Å². The lowest BCUT2D eigenvalue weighted by molar-refractivity contribution is -0.143. The molecule has 0 bridgehead atoms. The van der Waals surface area contributed by atoms with E-state index in [1.54, 1.807) is 33.8 Å². The average Bonchev–Trinajstić information content (AvgIpc) is 2.66. The summed E-state index contributed by atoms with van der Waals surface area (Å²) in [6.07, 6.45) is 3.13. The Balaban J connectivity index is 2.03. The van der Waals surface area contributed by atoms with Crippen LogP contribution >= 0.6 is 0 Å². The van der Waals surface area contributed by atoms with Gasteiger partial charge in [0.2, 0.25) is 0 Å². The molecule has 0 spiro atoms. The predicted molar refractivity (Wildman–Crippen MR) is 107 cm³/mol. The Bertz CT molecular complexity index is 858. The normalized spacial score (nSPS) is 12.4. The Hall–Kier alpha value is -3.36. The number of rotatable bonds is 6. The maximum Gasteiger partial charge on any atom is 0.408 e. The van der Waals surface area contributed by atoms with Crippen molar-refractivity contribution in [2.75, 3.05) is 7.11 Å². The largest absolute Gasteiger partial charge is 0.467 e. The van der Waals surface area contributed by atoms with E-state index in [1.807, 2.05) is 30.3 Å². The highest BCUT2D eigenvalue weighted by atomic mass is 16.6. The molecule has 1 N–H and O–H groups in total. The Morgan fingerprint density at radius 1 is 1.07 bits per heavy atom. The van der Waals surface area contributed by atoms with Crippen LogP contribution in [0.2, 0.25) is 0 Å². The lowest BCUT2D eigenvalue weighted by Crippen LogP contribution is -2.45. The molecule has 0 saturated heterocycles. The van der Waals surface area contributed by atoms with Gasteiger partial charge in [0.05, 0.1) is 7.11 Å². The van der Waals surface area contributed by atoms with E-state index in [1.165, 1.54) is 7.11 Å². The van der Waals surface area contributed by atoms with Crippen LogP contribution in [0.25, 0.3) is 12.2 Å². The van der Waals surface area contributed by atoms with Gasteiger partial charge in [0.25, 0.3) is 0 Å². The maximum absolute atomic E-state index is 12.0. The smallest absolute Gasteiger partial charge is 0.408 e. The molecule has 1 heterocycles. The molecule has 1 amide bonds. The number of aryl methyl sites for hydroxylation is 1. The third kappa shape index (κ3) is 7.65. The first-order valence-corrected chi connectivity index (χ1v) is 9.04. The number of nitrogens with zero attached hydrogens (tertiary/aromatic N) is 4. The van der Waals surface area contributed by atoms with E-state index >= 15 is 0 Å². The average molecular weight is 399 g/mol. The molecule has 0 aliphatic rings. The first kappa shape index (κ1) is 21.9. The minimum atomic E-state index is -0.852. The number of nitrogens with one attached hydrogen (secondary N) is 1. The minimum absolute atomic E-state index is 0.269. The molecule has 0 aliphatic carbocycles. The van der Waals surface area contributed by atoms with E-state index < -0.39 is 23.7 Å². The topological polar surface area (TPSA) is 116 Å². The molecule has 9 nitrogen and oxygen atoms in total. The van der Waals surface area contributed by atoms with Crippen LogP contribution in [0.4, 0.5) is 4.79 Å². The van der Waals surface area contributed by atoms with E-state index in [2.05, 4.69) is 25.7 Å². The monoisotopic (exact) mass is 399 g/mol. The van der Waals surface area contributed by atoms with Gasteiger partial charge in [0.1, 0.15) is 11.6 Å². The highest BCUT2D eigenvalue weighted by Crippen LogP contribution is 2.12. The van der Waals surface area contributed by atoms with Crippen molar-refractivity contribution in [3.05, 3.63) is 47.0 Å². The summed E-state index contributed by atoms with van der Waals surface area (Å²) < 4.78 is 10.0. The molecule has 0 fully saturated rings. The molecule has 29 heavy (non-hydrogen) atoms. The van der Waals surface area contributed by atoms with Crippen LogP contribution < -0.4 is 5.32 Å². The van der Waals surface area contributed by atoms with E-state index in [0.717, 1.165) is 11.1 Å². The third-order valence-electron chi connectivity index (χ3n) is 3.62. The molecule has 154 valence electrons. The summed E-state index contributed by atoms with van der Waals surface area (Å²) in [7, 11) is 1.27. The fourth-order valence-electron chi connectivity index (χ4n) is 2.31. The van der Waals surface area contributed by atoms with Gasteiger partial charge in [-0.25, -0.2) is 9.59 Å². The van der Waals surface area contributed by atoms with Gasteiger partial charge in [-0.2, -0.15) is 0 Å². The quantitative estimate of drug-likeness (QED) is 0.736. The lowest BCUT2D eigenvalue weighted by atomic mass is 10.0. The van der Waals surface area contributed by atoms with Gasteiger partial charge in [-0.15, -0.1) is 20.4 Å². The molecule has 0 saturated carbocycles. The lowest BCUT2D eigenvalue weighted by Gasteiger charge is -2.22. The number of hydrogen-bond donors (Lipinski definition) is 1. The van der Waals surface area contributed by atoms with Gasteiger partial charge in [-0.1, -0.05) is 30.3 Å². The first-order chi connectivity index (χ1) is 13.7. The summed E-state index contributed by atoms with van der Waals surface area (Å²) in [5.74, 6) is 0.370. The Morgan fingerprint density at radius 3 is 2.24 bits per heavy atom. The van der Waals surface area contributed by atoms with Gasteiger partial charge in [-0.05, 0) is 44.9 Å². The fourth-order valence-corrected chi connectivity index (χ4v) is 2.31. The van der Waals surface area contributed by atoms with Crippen LogP contribution in [0.5, 0.6) is 0 Å². The number of carbonyl (C=O) groups excluding carboxylic acids is 2. The van der Waals surface area contributed by atoms with Crippen molar-refractivity contribution in [3.8, 4) is 0 Å². The van der Waals surface area contributed by atoms with Crippen LogP contribution in [0.1, 0.15) is 43.5 Å². The van der Waals surface area contributed by atoms with Crippen molar-refractivity contribution in [2.45, 2.75) is 45.8 Å². The number of amides is 1. The van der Waals surface area contributed by atoms with Gasteiger partial charge in [-0.3, -0.25) is 0 Å². The van der Waals surface area contributed by atoms with E-state index in [0.29, 0.717) is 11.6 Å². The molecule has 1 aromatic heterocycles. The minimum Gasteiger partial charge on any atom is -0.467 e. The van der Waals surface area contributed by atoms with Crippen LogP contribution in [-0.4, -0.2) is 51.2 Å². The third-order valence-corrected chi connectivity index (χ3v) is 3.62. The predicted octanol–water partition coefficient (Wildman–Crippen LogP) is 2.35. The summed E-state index contributed by atoms with van der Waals surface area (Å²) in [6, 6.07) is 6.62. The molecule has 2 rings (SSSR count). The molecule has 9 heteroatoms. The van der Waals surface area contributed by atoms with Crippen molar-refractivity contribution < 1.29 is 19.1 Å². The summed E-state index contributed by atoms with van der Waals surface area (Å²) in [5, 5.41) is 18.1. The maximum atomic E-state index is 12.0. The number of alkyl carbamates (subject to hydrolysis) is 1. The number of ether oxygens (including phenoxy) is 2. The van der Waals surface area contributed by atoms with Gasteiger partial charge in [0.15, 0.2) is 11.6 Å². The second-order valence-corrected chi connectivity index (χ2v) is 7.31. The molecule has 0 aliphatic heterocycles. The highest BCUT2D eigenvalue weighted by molar-refractivity contribution is 5.81. The SMILES string of the molecule is COC(=O)C(Cc1ccc(/C=C/c2nnc(C)nn2)cc1)NC(=O)OC(C)(C)C. The van der Waals surface area contributed by atoms with Gasteiger partial charge in [0, 0.05) is 6.42 Å². The molecule has 1 aromatic carbocycles. The molecule has 1 atom stereocenters. The van der Waals surface area contributed by atoms with Gasteiger partial charge < -0.3 is 14.8 Å². The Kier molecular flexibility index (Phi) is 7.35. The zero-order valence-corrected chi connectivity index (χ0v) is 17.2. The van der Waals surface area contributed by atoms with Crippen molar-refractivity contribution in [1.29, 1.82) is 0 Å². The molecular formula is C20H25N5O4. The Labute approximate surface area is 169 Å². The summed E-state index contributed by atoms with van der Waals surface area (Å²) in [4.78, 5) is 24.0. The molecular weight excluding hydrogens is 374 g/mol. The second-order valence-electron chi connectivity index (χ2n) is 7.31. The summed E-state index contributed by atoms with van der Waals surface area (Å²) in [5.41, 5.74) is 1.10. The summed E-state index contributed by atoms with van der Waals surface area (Å²) in [6.45, 7) is 6.96. The number of carbonyl (C=O) groups is 2. The number of hydrogen-bond acceptors (Lipinski definition) is 8. The van der Waals surface area contributed by atoms with Crippen molar-refractivity contribution >= 4 is 24.2 Å². The molecule has 2 aromatic rings. The standard InChI is InChI=1S/C20H25N5O4/c1-13-22-24-17(25-23-13)11-10-14-6-8-15(9-7-14)12-16(18(26)28-5)21-19(27)29-20(2,3)4/h6-11,16H,12H2,1-5H3,(H,21,27)/b11-10+. The highest BCUT2D eigenvalue weighted by Gasteiger charge is 2.25. The second kappa shape index (κ2) is 9.72. The molecule has 0 radical (unpaired) electrons. The first-order valence-electron chi connectivity index (χ1n) is 9.04. The zero-order valence-electron chi connectivity index (χ0n) is 17.2. The van der Waals surface area contributed by atoms with E-state index in [9.17, 15) is 9.59 Å². The van der Waals surface area contributed by atoms with Crippen LogP contribution in [-0.2, 0) is 20.7 Å². The molecule has 1 unspecified atom stereocenters. The van der Waals surface area contributed by atoms with Crippen LogP contribution in [0.3, 0.4) is 0 Å². The number of benzene rings is 1. The summed E-state index contributed by atoms with van der Waals surface area (Å²) >= 11 is 0.